The van der Waals surface area contributed by atoms with Gasteiger partial charge in [0.2, 0.25) is 0 Å². The summed E-state index contributed by atoms with van der Waals surface area (Å²) in [6.45, 7) is -0.360. The number of benzene rings is 14. The van der Waals surface area contributed by atoms with Crippen LogP contribution in [-0.4, -0.2) is 15.8 Å². The highest BCUT2D eigenvalue weighted by atomic mass is 15.2. The van der Waals surface area contributed by atoms with E-state index in [1.807, 2.05) is 18.2 Å². The molecule has 14 aromatic carbocycles. The third-order valence-corrected chi connectivity index (χ3v) is 18.4. The van der Waals surface area contributed by atoms with Crippen LogP contribution < -0.4 is 26.2 Å². The lowest BCUT2D eigenvalue weighted by molar-refractivity contribution is 1.15. The topological polar surface area (TPSA) is 16.3 Å². The lowest BCUT2D eigenvalue weighted by Crippen LogP contribution is -2.61. The van der Waals surface area contributed by atoms with Crippen molar-refractivity contribution < 1.29 is 5.48 Å². The quantitative estimate of drug-likeness (QED) is 0.134. The van der Waals surface area contributed by atoms with E-state index in [1.165, 1.54) is 10.8 Å². The summed E-state index contributed by atoms with van der Waals surface area (Å²) in [5.41, 5.74) is 24.9. The molecule has 89 heavy (non-hydrogen) atoms. The van der Waals surface area contributed by atoms with Crippen LogP contribution in [0.5, 0.6) is 0 Å². The van der Waals surface area contributed by atoms with Gasteiger partial charge in [-0.1, -0.05) is 279 Å². The molecule has 5 heteroatoms. The van der Waals surface area contributed by atoms with Gasteiger partial charge < -0.3 is 18.9 Å². The van der Waals surface area contributed by atoms with Gasteiger partial charge in [-0.3, -0.25) is 0 Å². The van der Waals surface area contributed by atoms with Crippen LogP contribution in [0.15, 0.2) is 334 Å². The molecule has 0 atom stereocenters. The molecule has 2 aromatic heterocycles. The smallest absolute Gasteiger partial charge is 0.252 e. The van der Waals surface area contributed by atoms with E-state index in [1.54, 1.807) is 0 Å². The second-order valence-corrected chi connectivity index (χ2v) is 23.2. The molecule has 0 fully saturated rings. The Morgan fingerprint density at radius 3 is 1.16 bits per heavy atom. The number of hydrogen-bond donors (Lipinski definition) is 0. The van der Waals surface area contributed by atoms with Gasteiger partial charge in [-0.2, -0.15) is 0 Å². The Bertz CT molecular complexity index is 5530. The highest BCUT2D eigenvalue weighted by molar-refractivity contribution is 7.00. The standard InChI is InChI=1S/C84H55BN4/c1-6-26-56(27-7-1)61-48-51-78-73(52-61)85-72-50-49-62(86-74-44-20-16-36-68(74)69-37-17-21-45-75(69)86)53-79(72)89(84-66(59-32-12-4-13-33-59)42-25-43-67(84)60-34-14-5-15-35-60)81-55-63(87-76-46-22-18-38-70(76)71-39-19-23-47-77(71)87)54-80(82(81)85)88(78)83-64(57-28-8-2-9-29-57)40-24-41-65(83)58-30-10-3-11-31-58/h1-55H/i18D,22D,38D,46D. The molecule has 0 aliphatic carbocycles. The van der Waals surface area contributed by atoms with Crippen molar-refractivity contribution in [2.75, 3.05) is 9.80 Å². The lowest BCUT2D eigenvalue weighted by Gasteiger charge is -2.46. The van der Waals surface area contributed by atoms with E-state index in [0.29, 0.717) is 10.9 Å². The van der Waals surface area contributed by atoms with Crippen molar-refractivity contribution in [3.63, 3.8) is 0 Å². The normalized spacial score (nSPS) is 13.1. The number of para-hydroxylation sites is 6. The Hall–Kier alpha value is -11.7. The minimum absolute atomic E-state index is 0.0770. The molecule has 0 saturated carbocycles. The highest BCUT2D eigenvalue weighted by Gasteiger charge is 2.46. The van der Waals surface area contributed by atoms with Crippen molar-refractivity contribution in [2.45, 2.75) is 0 Å². The first-order chi connectivity index (χ1) is 45.9. The molecule has 0 bridgehead atoms. The van der Waals surface area contributed by atoms with Crippen LogP contribution in [0.3, 0.4) is 0 Å². The van der Waals surface area contributed by atoms with Gasteiger partial charge in [0.05, 0.1) is 44.6 Å². The summed E-state index contributed by atoms with van der Waals surface area (Å²) in [6.07, 6.45) is 0. The van der Waals surface area contributed by atoms with Crippen LogP contribution in [0.2, 0.25) is 0 Å². The Labute approximate surface area is 523 Å². The molecule has 2 aliphatic rings. The number of anilines is 6. The second-order valence-electron chi connectivity index (χ2n) is 23.2. The van der Waals surface area contributed by atoms with Crippen molar-refractivity contribution in [1.82, 2.24) is 9.13 Å². The zero-order valence-electron chi connectivity index (χ0n) is 52.3. The first-order valence-electron chi connectivity index (χ1n) is 32.5. The number of fused-ring (bicyclic) bond motifs is 10. The van der Waals surface area contributed by atoms with Crippen LogP contribution in [0.1, 0.15) is 5.48 Å². The maximum atomic E-state index is 9.98. The number of rotatable bonds is 9. The van der Waals surface area contributed by atoms with Gasteiger partial charge in [-0.05, 0) is 104 Å². The van der Waals surface area contributed by atoms with E-state index >= 15 is 0 Å². The van der Waals surface area contributed by atoms with Gasteiger partial charge in [0, 0.05) is 72.2 Å². The fourth-order valence-corrected chi connectivity index (χ4v) is 14.6. The van der Waals surface area contributed by atoms with Crippen LogP contribution in [0, 0.1) is 0 Å². The van der Waals surface area contributed by atoms with Crippen molar-refractivity contribution >= 4 is 101 Å². The van der Waals surface area contributed by atoms with Gasteiger partial charge >= 0.3 is 0 Å². The van der Waals surface area contributed by atoms with Crippen LogP contribution >= 0.6 is 0 Å². The first-order valence-corrected chi connectivity index (χ1v) is 30.5. The van der Waals surface area contributed by atoms with E-state index in [9.17, 15) is 4.11 Å². The SMILES string of the molecule is [2H]c1c([2H])c([2H])c2c(c1[2H])c1ccccc1n2-c1cc2c3c(c1)N(c1c(-c4ccccc4)cccc1-c1ccccc1)c1cc(-n4c5ccccc5c5ccccc54)ccc1B3c1cc(-c3ccccc3)ccc1N2c1c(-c2ccccc2)cccc1-c1ccccc1. The van der Waals surface area contributed by atoms with Crippen molar-refractivity contribution in [1.29, 1.82) is 0 Å². The molecule has 414 valence electrons. The van der Waals surface area contributed by atoms with Crippen molar-refractivity contribution in [3.8, 4) is 67.0 Å². The van der Waals surface area contributed by atoms with Gasteiger partial charge in [0.25, 0.3) is 6.71 Å². The predicted molar refractivity (Wildman–Crippen MR) is 376 cm³/mol. The summed E-state index contributed by atoms with van der Waals surface area (Å²) in [4.78, 5) is 5.07. The predicted octanol–water partition coefficient (Wildman–Crippen LogP) is 20.3. The fraction of sp³-hybridized carbons (Fsp3) is 0. The van der Waals surface area contributed by atoms with Gasteiger partial charge in [0.1, 0.15) is 0 Å². The van der Waals surface area contributed by atoms with Gasteiger partial charge in [-0.15, -0.1) is 0 Å². The van der Waals surface area contributed by atoms with Crippen LogP contribution in [0.4, 0.5) is 34.1 Å². The van der Waals surface area contributed by atoms with E-state index in [2.05, 4.69) is 310 Å². The molecule has 0 spiro atoms. The maximum Gasteiger partial charge on any atom is 0.252 e. The molecule has 2 aliphatic heterocycles. The lowest BCUT2D eigenvalue weighted by atomic mass is 9.33. The first kappa shape index (κ1) is 46.6. The third-order valence-electron chi connectivity index (χ3n) is 18.4. The molecule has 0 amide bonds. The molecular weight excluding hydrogens is 1080 g/mol. The molecule has 0 radical (unpaired) electrons. The largest absolute Gasteiger partial charge is 0.310 e. The van der Waals surface area contributed by atoms with E-state index in [4.69, 9.17) is 1.37 Å². The Kier molecular flexibility index (Phi) is 10.7. The molecule has 4 nitrogen and oxygen atoms in total. The van der Waals surface area contributed by atoms with E-state index in [-0.39, 0.29) is 30.9 Å². The molecule has 0 N–H and O–H groups in total. The second kappa shape index (κ2) is 20.5. The average Bonchev–Trinajstić information content (AvgIpc) is 1.26. The highest BCUT2D eigenvalue weighted by Crippen LogP contribution is 2.54. The molecule has 4 heterocycles. The molecule has 0 saturated heterocycles. The van der Waals surface area contributed by atoms with Gasteiger partial charge in [0.15, 0.2) is 0 Å². The average molecular weight is 1140 g/mol. The summed E-state index contributed by atoms with van der Waals surface area (Å²) in [6, 6.07) is 110. The third kappa shape index (κ3) is 7.95. The zero-order valence-corrected chi connectivity index (χ0v) is 48.3. The van der Waals surface area contributed by atoms with Crippen LogP contribution in [-0.2, 0) is 0 Å². The number of aromatic nitrogens is 2. The minimum Gasteiger partial charge on any atom is -0.310 e. The van der Waals surface area contributed by atoms with Crippen molar-refractivity contribution in [3.05, 3.63) is 334 Å². The minimum atomic E-state index is -0.360. The van der Waals surface area contributed by atoms with Crippen molar-refractivity contribution in [2.24, 2.45) is 0 Å². The summed E-state index contributed by atoms with van der Waals surface area (Å²) in [7, 11) is 0. The Balaban J connectivity index is 1.06. The fourth-order valence-electron chi connectivity index (χ4n) is 14.6. The van der Waals surface area contributed by atoms with E-state index in [0.717, 1.165) is 139 Å². The van der Waals surface area contributed by atoms with Crippen LogP contribution in [0.25, 0.3) is 111 Å². The zero-order chi connectivity index (χ0) is 62.0. The summed E-state index contributed by atoms with van der Waals surface area (Å²) >= 11 is 0. The number of nitrogens with zero attached hydrogens (tertiary/aromatic N) is 4. The molecule has 16 aromatic rings. The molecule has 18 rings (SSSR count). The summed E-state index contributed by atoms with van der Waals surface area (Å²) < 4.78 is 42.7. The summed E-state index contributed by atoms with van der Waals surface area (Å²) in [5, 5.41) is 3.55. The Morgan fingerprint density at radius 2 is 0.663 bits per heavy atom. The summed E-state index contributed by atoms with van der Waals surface area (Å²) in [5.74, 6) is 0. The monoisotopic (exact) mass is 1130 g/mol. The number of hydrogen-bond acceptors (Lipinski definition) is 2. The maximum absolute atomic E-state index is 9.98. The Morgan fingerprint density at radius 1 is 0.258 bits per heavy atom. The van der Waals surface area contributed by atoms with E-state index < -0.39 is 0 Å². The molecular formula is C84H55BN4. The van der Waals surface area contributed by atoms with Gasteiger partial charge in [-0.25, -0.2) is 0 Å². The molecule has 0 unspecified atom stereocenters.